The molecule has 0 aromatic heterocycles. The van der Waals surface area contributed by atoms with Crippen molar-refractivity contribution < 1.29 is 8.42 Å². The first-order chi connectivity index (χ1) is 8.66. The molecule has 1 N–H and O–H groups in total. The monoisotopic (exact) mass is 260 g/mol. The molecular weight excluding hydrogens is 246 g/mol. The molecule has 2 rings (SSSR count). The number of rotatable bonds is 4. The van der Waals surface area contributed by atoms with E-state index < -0.39 is 9.84 Å². The molecule has 0 bridgehead atoms. The van der Waals surface area contributed by atoms with Crippen LogP contribution in [0.4, 0.5) is 0 Å². The zero-order valence-electron chi connectivity index (χ0n) is 10.00. The molecule has 1 radical (unpaired) electrons. The van der Waals surface area contributed by atoms with Crippen LogP contribution >= 0.6 is 0 Å². The first-order valence-electron chi connectivity index (χ1n) is 5.56. The molecule has 0 heterocycles. The number of sulfone groups is 1. The average molecular weight is 260 g/mol. The minimum atomic E-state index is -3.50. The molecule has 0 atom stereocenters. The van der Waals surface area contributed by atoms with Crippen molar-refractivity contribution in [3.05, 3.63) is 71.6 Å². The summed E-state index contributed by atoms with van der Waals surface area (Å²) in [7, 11) is -1.88. The summed E-state index contributed by atoms with van der Waals surface area (Å²) in [6.45, 7) is 0. The molecule has 0 aliphatic rings. The normalized spacial score (nSPS) is 11.7. The van der Waals surface area contributed by atoms with E-state index in [1.807, 2.05) is 18.2 Å². The maximum atomic E-state index is 12.5. The third-order valence-electron chi connectivity index (χ3n) is 2.59. The second kappa shape index (κ2) is 5.33. The summed E-state index contributed by atoms with van der Waals surface area (Å²) in [6.07, 6.45) is 0. The van der Waals surface area contributed by atoms with Crippen LogP contribution in [-0.4, -0.2) is 15.5 Å². The largest absolute Gasteiger partial charge is 0.295 e. The molecule has 0 saturated heterocycles. The fraction of sp³-hybridized carbons (Fsp3) is 0.0714. The van der Waals surface area contributed by atoms with Crippen molar-refractivity contribution >= 4 is 9.84 Å². The number of nitrogens with one attached hydrogen (secondary N) is 1. The molecule has 2 aromatic rings. The maximum absolute atomic E-state index is 12.5. The summed E-state index contributed by atoms with van der Waals surface area (Å²) < 4.78 is 24.9. The lowest BCUT2D eigenvalue weighted by molar-refractivity contribution is 0.593. The van der Waals surface area contributed by atoms with Crippen LogP contribution in [0.25, 0.3) is 0 Å². The van der Waals surface area contributed by atoms with Crippen LogP contribution in [0.1, 0.15) is 5.56 Å². The molecule has 2 aromatic carbocycles. The van der Waals surface area contributed by atoms with E-state index >= 15 is 0 Å². The van der Waals surface area contributed by atoms with Crippen molar-refractivity contribution in [3.63, 3.8) is 0 Å². The van der Waals surface area contributed by atoms with E-state index in [9.17, 15) is 8.42 Å². The Kier molecular flexibility index (Phi) is 3.79. The van der Waals surface area contributed by atoms with E-state index in [1.165, 1.54) is 0 Å². The molecule has 0 aliphatic heterocycles. The van der Waals surface area contributed by atoms with Crippen LogP contribution < -0.4 is 5.32 Å². The molecule has 0 aliphatic carbocycles. The lowest BCUT2D eigenvalue weighted by Crippen LogP contribution is -2.26. The summed E-state index contributed by atoms with van der Waals surface area (Å²) >= 11 is 0. The van der Waals surface area contributed by atoms with Crippen molar-refractivity contribution in [1.82, 2.24) is 5.32 Å². The van der Waals surface area contributed by atoms with Crippen molar-refractivity contribution in [3.8, 4) is 0 Å². The SMILES string of the molecule is CN[C](c1ccccc1)S(=O)(=O)c1ccccc1. The predicted octanol–water partition coefficient (Wildman–Crippen LogP) is 2.22. The average Bonchev–Trinajstić information content (AvgIpc) is 2.41. The zero-order valence-corrected chi connectivity index (χ0v) is 10.8. The predicted molar refractivity (Wildman–Crippen MR) is 71.5 cm³/mol. The number of benzene rings is 2. The number of hydrogen-bond donors (Lipinski definition) is 1. The minimum Gasteiger partial charge on any atom is -0.295 e. The van der Waals surface area contributed by atoms with E-state index in [-0.39, 0.29) is 5.37 Å². The highest BCUT2D eigenvalue weighted by atomic mass is 32.2. The van der Waals surface area contributed by atoms with E-state index in [0.29, 0.717) is 10.5 Å². The van der Waals surface area contributed by atoms with Gasteiger partial charge >= 0.3 is 0 Å². The van der Waals surface area contributed by atoms with Crippen LogP contribution in [0.5, 0.6) is 0 Å². The van der Waals surface area contributed by atoms with Crippen LogP contribution in [0.3, 0.4) is 0 Å². The first kappa shape index (κ1) is 12.8. The van der Waals surface area contributed by atoms with Crippen molar-refractivity contribution in [2.45, 2.75) is 4.90 Å². The highest BCUT2D eigenvalue weighted by Gasteiger charge is 2.28. The van der Waals surface area contributed by atoms with E-state index in [4.69, 9.17) is 0 Å². The Labute approximate surface area is 107 Å². The van der Waals surface area contributed by atoms with Crippen molar-refractivity contribution in [2.24, 2.45) is 0 Å². The van der Waals surface area contributed by atoms with Gasteiger partial charge in [-0.25, -0.2) is 8.42 Å². The second-order valence-electron chi connectivity index (χ2n) is 3.76. The van der Waals surface area contributed by atoms with Gasteiger partial charge in [0.2, 0.25) is 9.84 Å². The molecule has 0 spiro atoms. The van der Waals surface area contributed by atoms with Gasteiger partial charge in [0.05, 0.1) is 4.90 Å². The highest BCUT2D eigenvalue weighted by molar-refractivity contribution is 7.94. The summed E-state index contributed by atoms with van der Waals surface area (Å²) in [6, 6.07) is 17.4. The van der Waals surface area contributed by atoms with Gasteiger partial charge in [-0.2, -0.15) is 0 Å². The van der Waals surface area contributed by atoms with Gasteiger partial charge in [-0.3, -0.25) is 5.32 Å². The van der Waals surface area contributed by atoms with Crippen LogP contribution in [0.15, 0.2) is 65.6 Å². The zero-order chi connectivity index (χ0) is 13.0. The second-order valence-corrected chi connectivity index (χ2v) is 5.65. The van der Waals surface area contributed by atoms with Gasteiger partial charge in [0.1, 0.15) is 0 Å². The Hall–Kier alpha value is -1.65. The molecule has 0 amide bonds. The topological polar surface area (TPSA) is 46.2 Å². The molecule has 0 saturated carbocycles. The maximum Gasteiger partial charge on any atom is 0.204 e. The van der Waals surface area contributed by atoms with Gasteiger partial charge in [-0.05, 0) is 24.7 Å². The molecule has 3 nitrogen and oxygen atoms in total. The van der Waals surface area contributed by atoms with Gasteiger partial charge in [0, 0.05) is 0 Å². The van der Waals surface area contributed by atoms with E-state index in [1.54, 1.807) is 49.5 Å². The molecule has 93 valence electrons. The van der Waals surface area contributed by atoms with Gasteiger partial charge in [-0.15, -0.1) is 0 Å². The Morgan fingerprint density at radius 1 is 0.889 bits per heavy atom. The quantitative estimate of drug-likeness (QED) is 0.917. The fourth-order valence-corrected chi connectivity index (χ4v) is 3.21. The smallest absolute Gasteiger partial charge is 0.204 e. The minimum absolute atomic E-state index is 0.217. The molecular formula is C14H14NO2S. The Balaban J connectivity index is 2.46. The van der Waals surface area contributed by atoms with Crippen molar-refractivity contribution in [2.75, 3.05) is 7.05 Å². The Bertz CT molecular complexity index is 594. The Morgan fingerprint density at radius 2 is 1.39 bits per heavy atom. The fourth-order valence-electron chi connectivity index (χ4n) is 1.74. The molecule has 18 heavy (non-hydrogen) atoms. The van der Waals surface area contributed by atoms with Gasteiger partial charge in [0.25, 0.3) is 0 Å². The first-order valence-corrected chi connectivity index (χ1v) is 7.05. The van der Waals surface area contributed by atoms with Crippen LogP contribution in [-0.2, 0) is 9.84 Å². The third-order valence-corrected chi connectivity index (χ3v) is 4.46. The van der Waals surface area contributed by atoms with Crippen LogP contribution in [0, 0.1) is 5.37 Å². The lowest BCUT2D eigenvalue weighted by Gasteiger charge is -2.15. The standard InChI is InChI=1S/C14H14NO2S/c1-15-14(12-8-4-2-5-9-12)18(16,17)13-10-6-3-7-11-13/h2-11,15H,1H3. The van der Waals surface area contributed by atoms with E-state index in [2.05, 4.69) is 5.32 Å². The van der Waals surface area contributed by atoms with Gasteiger partial charge in [-0.1, -0.05) is 48.5 Å². The summed E-state index contributed by atoms with van der Waals surface area (Å²) in [5.74, 6) is 0. The summed E-state index contributed by atoms with van der Waals surface area (Å²) in [4.78, 5) is 0.290. The summed E-state index contributed by atoms with van der Waals surface area (Å²) in [5.41, 5.74) is 0.656. The van der Waals surface area contributed by atoms with Crippen molar-refractivity contribution in [1.29, 1.82) is 0 Å². The van der Waals surface area contributed by atoms with Gasteiger partial charge < -0.3 is 0 Å². The molecule has 0 fully saturated rings. The highest BCUT2D eigenvalue weighted by Crippen LogP contribution is 2.24. The van der Waals surface area contributed by atoms with Crippen LogP contribution in [0.2, 0.25) is 0 Å². The third kappa shape index (κ3) is 2.44. The lowest BCUT2D eigenvalue weighted by atomic mass is 10.2. The Morgan fingerprint density at radius 3 is 1.89 bits per heavy atom. The molecule has 0 unspecified atom stereocenters. The summed E-state index contributed by atoms with van der Waals surface area (Å²) in [5, 5.41) is 3.00. The van der Waals surface area contributed by atoms with E-state index in [0.717, 1.165) is 0 Å². The van der Waals surface area contributed by atoms with Gasteiger partial charge in [0.15, 0.2) is 5.37 Å². The molecule has 4 heteroatoms. The number of hydrogen-bond acceptors (Lipinski definition) is 3.